The molecule has 0 aliphatic heterocycles. The van der Waals surface area contributed by atoms with Crippen molar-refractivity contribution >= 4 is 34.4 Å². The number of nitrogens with zero attached hydrogens (tertiary/aromatic N) is 3. The van der Waals surface area contributed by atoms with Crippen molar-refractivity contribution in [1.82, 2.24) is 14.5 Å². The molecule has 2 heterocycles. The number of pyridine rings is 1. The van der Waals surface area contributed by atoms with Gasteiger partial charge in [0.25, 0.3) is 0 Å². The number of carbonyl (C=O) groups is 3. The Kier molecular flexibility index (Phi) is 7.55. The van der Waals surface area contributed by atoms with Crippen molar-refractivity contribution in [2.45, 2.75) is 20.0 Å². The van der Waals surface area contributed by atoms with Crippen LogP contribution in [0.3, 0.4) is 0 Å². The zero-order chi connectivity index (χ0) is 30.9. The normalized spacial score (nSPS) is 11.3. The summed E-state index contributed by atoms with van der Waals surface area (Å²) in [6, 6.07) is 14.2. The average molecular weight is 590 g/mol. The summed E-state index contributed by atoms with van der Waals surface area (Å²) >= 11 is 0. The molecule has 218 valence electrons. The van der Waals surface area contributed by atoms with Crippen molar-refractivity contribution in [3.05, 3.63) is 102 Å². The molecule has 0 unspecified atom stereocenters. The number of anilines is 1. The van der Waals surface area contributed by atoms with Crippen molar-refractivity contribution in [1.29, 1.82) is 0 Å². The molecule has 5 aromatic rings. The Bertz CT molecular complexity index is 1900. The SMILES string of the molecule is CC(=O)Nc1cc(Oc2ccc3c(C(=O)Oc4cc(C(N)=O)cc(-n5cnc(C)c5)c4C(F)(F)F)cccc3c2)ccn1. The maximum absolute atomic E-state index is 14.4. The van der Waals surface area contributed by atoms with Crippen LogP contribution in [0.15, 0.2) is 79.4 Å². The highest BCUT2D eigenvalue weighted by molar-refractivity contribution is 6.06. The Morgan fingerprint density at radius 3 is 2.42 bits per heavy atom. The van der Waals surface area contributed by atoms with E-state index in [0.717, 1.165) is 23.0 Å². The number of amides is 2. The number of rotatable bonds is 7. The standard InChI is InChI=1S/C30H22F3N5O5/c1-16-14-38(15-36-16)24-11-19(28(34)40)12-25(27(24)30(31,32)33)43-29(41)23-5-3-4-18-10-20(6-7-22(18)23)42-21-8-9-35-26(13-21)37-17(2)39/h3-15H,1-2H3,(H2,34,40)(H,35,37,39). The number of aromatic nitrogens is 3. The van der Waals surface area contributed by atoms with E-state index >= 15 is 0 Å². The van der Waals surface area contributed by atoms with Crippen LogP contribution in [0.4, 0.5) is 19.0 Å². The van der Waals surface area contributed by atoms with Gasteiger partial charge in [-0.05, 0) is 60.2 Å². The van der Waals surface area contributed by atoms with E-state index in [9.17, 15) is 27.6 Å². The summed E-state index contributed by atoms with van der Waals surface area (Å²) in [5.74, 6) is -2.24. The van der Waals surface area contributed by atoms with E-state index in [2.05, 4.69) is 15.3 Å². The lowest BCUT2D eigenvalue weighted by molar-refractivity contribution is -0.138. The molecular formula is C30H22F3N5O5. The van der Waals surface area contributed by atoms with Crippen LogP contribution in [0.25, 0.3) is 16.5 Å². The van der Waals surface area contributed by atoms with Gasteiger partial charge in [-0.3, -0.25) is 9.59 Å². The monoisotopic (exact) mass is 589 g/mol. The molecule has 0 aliphatic carbocycles. The van der Waals surface area contributed by atoms with E-state index in [-0.39, 0.29) is 17.0 Å². The van der Waals surface area contributed by atoms with Gasteiger partial charge in [-0.2, -0.15) is 13.2 Å². The Labute approximate surface area is 241 Å². The molecule has 3 aromatic carbocycles. The number of hydrogen-bond acceptors (Lipinski definition) is 7. The largest absolute Gasteiger partial charge is 0.457 e. The number of alkyl halides is 3. The molecule has 0 saturated heterocycles. The first kappa shape index (κ1) is 28.8. The van der Waals surface area contributed by atoms with Crippen LogP contribution < -0.4 is 20.5 Å². The second-order valence-electron chi connectivity index (χ2n) is 9.39. The third-order valence-corrected chi connectivity index (χ3v) is 6.18. The highest BCUT2D eigenvalue weighted by Gasteiger charge is 2.39. The molecule has 5 rings (SSSR count). The predicted molar refractivity (Wildman–Crippen MR) is 149 cm³/mol. The number of imidazole rings is 1. The molecular weight excluding hydrogens is 567 g/mol. The first-order valence-corrected chi connectivity index (χ1v) is 12.6. The van der Waals surface area contributed by atoms with Gasteiger partial charge in [0.2, 0.25) is 11.8 Å². The maximum Gasteiger partial charge on any atom is 0.422 e. The smallest absolute Gasteiger partial charge is 0.422 e. The van der Waals surface area contributed by atoms with Gasteiger partial charge in [0, 0.05) is 30.9 Å². The maximum atomic E-state index is 14.4. The Balaban J connectivity index is 1.51. The minimum Gasteiger partial charge on any atom is -0.457 e. The number of halogens is 3. The van der Waals surface area contributed by atoms with E-state index in [4.69, 9.17) is 15.2 Å². The van der Waals surface area contributed by atoms with Crippen molar-refractivity contribution in [2.75, 3.05) is 5.32 Å². The number of ether oxygens (including phenoxy) is 2. The highest BCUT2D eigenvalue weighted by atomic mass is 19.4. The molecule has 0 aliphatic rings. The van der Waals surface area contributed by atoms with Gasteiger partial charge in [0.15, 0.2) is 0 Å². The zero-order valence-electron chi connectivity index (χ0n) is 22.6. The summed E-state index contributed by atoms with van der Waals surface area (Å²) in [5, 5.41) is 3.46. The quantitative estimate of drug-likeness (QED) is 0.180. The molecule has 13 heteroatoms. The number of fused-ring (bicyclic) bond motifs is 1. The van der Waals surface area contributed by atoms with Crippen LogP contribution >= 0.6 is 0 Å². The van der Waals surface area contributed by atoms with Crippen LogP contribution in [0.1, 0.15) is 38.9 Å². The van der Waals surface area contributed by atoms with Crippen LogP contribution in [0.5, 0.6) is 17.2 Å². The van der Waals surface area contributed by atoms with Gasteiger partial charge in [0.05, 0.1) is 23.3 Å². The predicted octanol–water partition coefficient (Wildman–Crippen LogP) is 5.82. The topological polar surface area (TPSA) is 138 Å². The Morgan fingerprint density at radius 1 is 0.977 bits per heavy atom. The summed E-state index contributed by atoms with van der Waals surface area (Å²) in [4.78, 5) is 44.7. The van der Waals surface area contributed by atoms with E-state index in [1.807, 2.05) is 0 Å². The summed E-state index contributed by atoms with van der Waals surface area (Å²) in [6.45, 7) is 2.93. The molecule has 0 saturated carbocycles. The summed E-state index contributed by atoms with van der Waals surface area (Å²) < 4.78 is 55.4. The Hall–Kier alpha value is -5.72. The molecule has 2 amide bonds. The van der Waals surface area contributed by atoms with Crippen molar-refractivity contribution in [2.24, 2.45) is 5.73 Å². The number of carbonyl (C=O) groups excluding carboxylic acids is 3. The Morgan fingerprint density at radius 2 is 1.74 bits per heavy atom. The molecule has 43 heavy (non-hydrogen) atoms. The molecule has 10 nitrogen and oxygen atoms in total. The zero-order valence-corrected chi connectivity index (χ0v) is 22.6. The van der Waals surface area contributed by atoms with Crippen LogP contribution in [0, 0.1) is 6.92 Å². The van der Waals surface area contributed by atoms with E-state index in [0.29, 0.717) is 33.8 Å². The van der Waals surface area contributed by atoms with Crippen LogP contribution in [-0.2, 0) is 11.0 Å². The van der Waals surface area contributed by atoms with Gasteiger partial charge < -0.3 is 25.1 Å². The fourth-order valence-corrected chi connectivity index (χ4v) is 4.38. The number of esters is 1. The lowest BCUT2D eigenvalue weighted by atomic mass is 10.0. The van der Waals surface area contributed by atoms with E-state index in [1.165, 1.54) is 37.5 Å². The molecule has 0 radical (unpaired) electrons. The second-order valence-corrected chi connectivity index (χ2v) is 9.39. The average Bonchev–Trinajstić information content (AvgIpc) is 3.37. The van der Waals surface area contributed by atoms with Crippen LogP contribution in [0.2, 0.25) is 0 Å². The second kappa shape index (κ2) is 11.3. The third kappa shape index (κ3) is 6.30. The highest BCUT2D eigenvalue weighted by Crippen LogP contribution is 2.42. The van der Waals surface area contributed by atoms with Gasteiger partial charge in [-0.25, -0.2) is 14.8 Å². The van der Waals surface area contributed by atoms with Gasteiger partial charge in [-0.15, -0.1) is 0 Å². The van der Waals surface area contributed by atoms with Crippen LogP contribution in [-0.4, -0.2) is 32.3 Å². The lowest BCUT2D eigenvalue weighted by Gasteiger charge is -2.19. The van der Waals surface area contributed by atoms with Crippen molar-refractivity contribution < 1.29 is 37.0 Å². The summed E-state index contributed by atoms with van der Waals surface area (Å²) in [7, 11) is 0. The van der Waals surface area contributed by atoms with Crippen molar-refractivity contribution in [3.8, 4) is 22.9 Å². The molecule has 0 fully saturated rings. The molecule has 0 spiro atoms. The minimum atomic E-state index is -4.98. The first-order valence-electron chi connectivity index (χ1n) is 12.6. The fraction of sp³-hybridized carbons (Fsp3) is 0.100. The summed E-state index contributed by atoms with van der Waals surface area (Å²) in [5.41, 5.74) is 3.72. The number of nitrogens with one attached hydrogen (secondary N) is 1. The number of benzene rings is 3. The number of hydrogen-bond donors (Lipinski definition) is 2. The van der Waals surface area contributed by atoms with Gasteiger partial charge >= 0.3 is 12.1 Å². The number of aryl methyl sites for hydroxylation is 1. The molecule has 0 bridgehead atoms. The first-order chi connectivity index (χ1) is 20.4. The molecule has 3 N–H and O–H groups in total. The van der Waals surface area contributed by atoms with E-state index < -0.39 is 35.1 Å². The number of nitrogens with two attached hydrogens (primary N) is 1. The fourth-order valence-electron chi connectivity index (χ4n) is 4.38. The number of primary amides is 1. The molecule has 2 aromatic heterocycles. The molecule has 0 atom stereocenters. The van der Waals surface area contributed by atoms with Gasteiger partial charge in [-0.1, -0.05) is 12.1 Å². The van der Waals surface area contributed by atoms with Gasteiger partial charge in [0.1, 0.15) is 28.6 Å². The lowest BCUT2D eigenvalue weighted by Crippen LogP contribution is -2.19. The van der Waals surface area contributed by atoms with E-state index in [1.54, 1.807) is 37.3 Å². The van der Waals surface area contributed by atoms with Crippen molar-refractivity contribution in [3.63, 3.8) is 0 Å². The third-order valence-electron chi connectivity index (χ3n) is 6.18. The minimum absolute atomic E-state index is 0.0291. The summed E-state index contributed by atoms with van der Waals surface area (Å²) in [6.07, 6.45) is -1.04.